The van der Waals surface area contributed by atoms with E-state index >= 15 is 0 Å². The predicted molar refractivity (Wildman–Crippen MR) is 204 cm³/mol. The second-order valence-corrected chi connectivity index (χ2v) is 15.6. The van der Waals surface area contributed by atoms with Gasteiger partial charge in [0.15, 0.2) is 0 Å². The van der Waals surface area contributed by atoms with Crippen molar-refractivity contribution < 1.29 is 22.4 Å². The smallest absolute Gasteiger partial charge is 0.268 e. The summed E-state index contributed by atoms with van der Waals surface area (Å²) in [5.41, 5.74) is 7.31. The van der Waals surface area contributed by atoms with E-state index < -0.39 is 15.4 Å². The highest BCUT2D eigenvalue weighted by atomic mass is 32.2. The van der Waals surface area contributed by atoms with E-state index in [1.165, 1.54) is 0 Å². The summed E-state index contributed by atoms with van der Waals surface area (Å²) in [5, 5.41) is -0.761. The molecule has 2 aliphatic rings. The molecule has 1 atom stereocenters. The molecule has 0 radical (unpaired) electrons. The van der Waals surface area contributed by atoms with Gasteiger partial charge in [-0.05, 0) is 115 Å². The average molecular weight is 707 g/mol. The number of anilines is 5. The Balaban J connectivity index is 1.22. The summed E-state index contributed by atoms with van der Waals surface area (Å²) in [7, 11) is -0.843. The molecule has 0 saturated heterocycles. The number of ether oxygens (including phenoxy) is 2. The molecule has 1 unspecified atom stereocenters. The minimum atomic E-state index is -4.18. The Hall–Kier alpha value is -4.44. The van der Waals surface area contributed by atoms with Crippen LogP contribution < -0.4 is 19.3 Å². The third-order valence-electron chi connectivity index (χ3n) is 9.95. The maximum Gasteiger partial charge on any atom is 0.268 e. The third kappa shape index (κ3) is 7.08. The zero-order valence-electron chi connectivity index (χ0n) is 28.4. The van der Waals surface area contributed by atoms with E-state index in [0.29, 0.717) is 13.0 Å². The Labute approximate surface area is 299 Å². The van der Waals surface area contributed by atoms with Gasteiger partial charge in [-0.25, -0.2) is 0 Å². The zero-order chi connectivity index (χ0) is 34.7. The molecule has 1 saturated carbocycles. The summed E-state index contributed by atoms with van der Waals surface area (Å²) < 4.78 is 46.5. The molecule has 0 bridgehead atoms. The second-order valence-electron chi connectivity index (χ2n) is 12.9. The van der Waals surface area contributed by atoms with E-state index in [1.807, 2.05) is 60.7 Å². The Kier molecular flexibility index (Phi) is 10.1. The fraction of sp³-hybridized carbons (Fsp3) is 0.268. The molecule has 7 nitrogen and oxygen atoms in total. The molecule has 5 aromatic carbocycles. The van der Waals surface area contributed by atoms with Crippen molar-refractivity contribution in [2.45, 2.75) is 53.6 Å². The number of hydrogen-bond acceptors (Lipinski definition) is 7. The van der Waals surface area contributed by atoms with Gasteiger partial charge in [0, 0.05) is 33.4 Å². The topological polar surface area (TPSA) is 79.3 Å². The lowest BCUT2D eigenvalue weighted by Crippen LogP contribution is -2.35. The van der Waals surface area contributed by atoms with Gasteiger partial charge in [-0.3, -0.25) is 4.55 Å². The first-order valence-electron chi connectivity index (χ1n) is 17.2. The molecule has 0 spiro atoms. The number of methoxy groups -OCH3 is 2. The Morgan fingerprint density at radius 2 is 1.30 bits per heavy atom. The fourth-order valence-electron chi connectivity index (χ4n) is 7.41. The van der Waals surface area contributed by atoms with Crippen molar-refractivity contribution in [3.8, 4) is 22.6 Å². The van der Waals surface area contributed by atoms with Gasteiger partial charge in [0.25, 0.3) is 10.1 Å². The molecule has 50 heavy (non-hydrogen) atoms. The lowest BCUT2D eigenvalue weighted by molar-refractivity contribution is 0.320. The number of fused-ring (bicyclic) bond motifs is 2. The molecule has 1 heterocycles. The molecule has 1 aliphatic heterocycles. The van der Waals surface area contributed by atoms with Crippen LogP contribution in [-0.4, -0.2) is 39.0 Å². The van der Waals surface area contributed by atoms with Crippen molar-refractivity contribution in [1.29, 1.82) is 0 Å². The van der Waals surface area contributed by atoms with Crippen LogP contribution >= 0.6 is 11.8 Å². The van der Waals surface area contributed by atoms with Crippen LogP contribution in [0.1, 0.15) is 38.5 Å². The van der Waals surface area contributed by atoms with Gasteiger partial charge in [0.05, 0.1) is 30.8 Å². The highest BCUT2D eigenvalue weighted by Gasteiger charge is 2.34. The third-order valence-corrected chi connectivity index (χ3v) is 12.5. The first kappa shape index (κ1) is 34.0. The second kappa shape index (κ2) is 14.8. The fourth-order valence-corrected chi connectivity index (χ4v) is 9.80. The lowest BCUT2D eigenvalue weighted by Gasteiger charge is -2.36. The van der Waals surface area contributed by atoms with Crippen molar-refractivity contribution in [2.24, 2.45) is 5.92 Å². The van der Waals surface area contributed by atoms with Crippen molar-refractivity contribution in [3.63, 3.8) is 0 Å². The minimum absolute atomic E-state index is 0.00660. The molecule has 1 N–H and O–H groups in total. The standard InChI is InChI=1S/C41H42N2O5S2/c1-47-34-23-19-32(20-24-34)43(33-21-25-35(48-2)26-22-33)31-17-15-29(16-18-31)36-11-8-13-38-41(36)49-39-14-7-6-12-37(39)42(38)28-27-40(50(44,45)46)30-9-4-3-5-10-30/h6-8,11-26,30,40H,3-5,9-10,27-28H2,1-2H3,(H,44,45,46). The summed E-state index contributed by atoms with van der Waals surface area (Å²) in [6.07, 6.45) is 5.23. The number of hydrogen-bond donors (Lipinski definition) is 1. The molecule has 258 valence electrons. The van der Waals surface area contributed by atoms with Crippen LogP contribution in [0.25, 0.3) is 11.1 Å². The van der Waals surface area contributed by atoms with Gasteiger partial charge in [-0.2, -0.15) is 8.42 Å². The molecule has 1 aliphatic carbocycles. The molecule has 7 rings (SSSR count). The van der Waals surface area contributed by atoms with Crippen LogP contribution in [0.4, 0.5) is 28.4 Å². The summed E-state index contributed by atoms with van der Waals surface area (Å²) in [5.74, 6) is 1.58. The van der Waals surface area contributed by atoms with E-state index in [9.17, 15) is 13.0 Å². The highest BCUT2D eigenvalue weighted by molar-refractivity contribution is 8.00. The number of nitrogens with zero attached hydrogens (tertiary/aromatic N) is 2. The van der Waals surface area contributed by atoms with Crippen LogP contribution in [0.15, 0.2) is 125 Å². The molecule has 1 fully saturated rings. The number of benzene rings is 5. The van der Waals surface area contributed by atoms with Crippen molar-refractivity contribution in [3.05, 3.63) is 115 Å². The van der Waals surface area contributed by atoms with Gasteiger partial charge in [0.2, 0.25) is 0 Å². The number of para-hydroxylation sites is 1. The van der Waals surface area contributed by atoms with E-state index in [2.05, 4.69) is 64.4 Å². The van der Waals surface area contributed by atoms with Gasteiger partial charge in [-0.1, -0.05) is 67.4 Å². The Bertz CT molecular complexity index is 1980. The van der Waals surface area contributed by atoms with Crippen LogP contribution in [0, 0.1) is 5.92 Å². The molecule has 0 aromatic heterocycles. The van der Waals surface area contributed by atoms with Crippen molar-refractivity contribution in [2.75, 3.05) is 30.6 Å². The van der Waals surface area contributed by atoms with Gasteiger partial charge >= 0.3 is 0 Å². The predicted octanol–water partition coefficient (Wildman–Crippen LogP) is 10.7. The first-order valence-corrected chi connectivity index (χ1v) is 19.5. The monoisotopic (exact) mass is 706 g/mol. The summed E-state index contributed by atoms with van der Waals surface area (Å²) in [4.78, 5) is 6.70. The van der Waals surface area contributed by atoms with E-state index in [1.54, 1.807) is 26.0 Å². The molecule has 9 heteroatoms. The molecule has 0 amide bonds. The van der Waals surface area contributed by atoms with Crippen LogP contribution in [-0.2, 0) is 10.1 Å². The molecule has 5 aromatic rings. The summed E-state index contributed by atoms with van der Waals surface area (Å²) in [6, 6.07) is 39.3. The largest absolute Gasteiger partial charge is 0.497 e. The summed E-state index contributed by atoms with van der Waals surface area (Å²) in [6.45, 7) is 0.493. The number of rotatable bonds is 11. The van der Waals surface area contributed by atoms with Crippen LogP contribution in [0.3, 0.4) is 0 Å². The highest BCUT2D eigenvalue weighted by Crippen LogP contribution is 2.52. The van der Waals surface area contributed by atoms with E-state index in [-0.39, 0.29) is 5.92 Å². The lowest BCUT2D eigenvalue weighted by atomic mass is 9.85. The van der Waals surface area contributed by atoms with Crippen LogP contribution in [0.5, 0.6) is 11.5 Å². The Morgan fingerprint density at radius 1 is 0.740 bits per heavy atom. The SMILES string of the molecule is COc1ccc(N(c2ccc(OC)cc2)c2ccc(-c3cccc4c3Sc3ccccc3N4CCC(C3CCCCC3)S(=O)(=O)O)cc2)cc1. The zero-order valence-corrected chi connectivity index (χ0v) is 30.0. The van der Waals surface area contributed by atoms with Crippen molar-refractivity contribution >= 4 is 50.3 Å². The molecular weight excluding hydrogens is 665 g/mol. The van der Waals surface area contributed by atoms with Gasteiger partial charge in [0.1, 0.15) is 11.5 Å². The average Bonchev–Trinajstić information content (AvgIpc) is 3.15. The van der Waals surface area contributed by atoms with Crippen LogP contribution in [0.2, 0.25) is 0 Å². The maximum absolute atomic E-state index is 12.7. The summed E-state index contributed by atoms with van der Waals surface area (Å²) >= 11 is 1.74. The van der Waals surface area contributed by atoms with Gasteiger partial charge in [-0.15, -0.1) is 0 Å². The maximum atomic E-state index is 12.7. The Morgan fingerprint density at radius 3 is 1.88 bits per heavy atom. The van der Waals surface area contributed by atoms with E-state index in [4.69, 9.17) is 9.47 Å². The molecular formula is C41H42N2O5S2. The quantitative estimate of drug-likeness (QED) is 0.136. The van der Waals surface area contributed by atoms with E-state index in [0.717, 1.165) is 93.0 Å². The van der Waals surface area contributed by atoms with Crippen molar-refractivity contribution in [1.82, 2.24) is 0 Å². The minimum Gasteiger partial charge on any atom is -0.497 e. The first-order chi connectivity index (χ1) is 24.3. The normalized spacial score (nSPS) is 15.1. The van der Waals surface area contributed by atoms with Gasteiger partial charge < -0.3 is 19.3 Å².